The first-order valence-electron chi connectivity index (χ1n) is 10.0. The topological polar surface area (TPSA) is 54.0 Å². The third-order valence-corrected chi connectivity index (χ3v) is 4.91. The number of hydrogen-bond donors (Lipinski definition) is 2. The predicted octanol–water partition coefficient (Wildman–Crippen LogP) is 3.07. The molecule has 148 valence electrons. The molecule has 0 amide bonds. The lowest BCUT2D eigenvalue weighted by molar-refractivity contribution is -0.0456. The van der Waals surface area contributed by atoms with Gasteiger partial charge in [0.2, 0.25) is 0 Å². The molecule has 5 heteroatoms. The lowest BCUT2D eigenvalue weighted by Crippen LogP contribution is -2.52. The van der Waals surface area contributed by atoms with E-state index in [0.717, 1.165) is 50.7 Å². The minimum Gasteiger partial charge on any atom is -0.494 e. The average molecular weight is 365 g/mol. The van der Waals surface area contributed by atoms with E-state index in [1.165, 1.54) is 19.3 Å². The second kappa shape index (κ2) is 10.8. The molecular formula is C21H36N2O3. The van der Waals surface area contributed by atoms with Gasteiger partial charge in [0.05, 0.1) is 6.61 Å². The Bertz CT molecular complexity index is 498. The number of nitrogens with zero attached hydrogens (tertiary/aromatic N) is 1. The molecule has 1 atom stereocenters. The van der Waals surface area contributed by atoms with Gasteiger partial charge in [-0.15, -0.1) is 0 Å². The van der Waals surface area contributed by atoms with Gasteiger partial charge in [-0.05, 0) is 44.5 Å². The van der Waals surface area contributed by atoms with Gasteiger partial charge in [0.25, 0.3) is 0 Å². The molecule has 1 fully saturated rings. The molecule has 0 spiro atoms. The van der Waals surface area contributed by atoms with Crippen molar-refractivity contribution in [1.29, 1.82) is 0 Å². The number of β-amino-alcohol motifs (C(OH)–C–C–N with tert-alkyl or cyclic N) is 1. The first kappa shape index (κ1) is 21.0. The van der Waals surface area contributed by atoms with Gasteiger partial charge in [0, 0.05) is 32.7 Å². The van der Waals surface area contributed by atoms with Crippen LogP contribution in [-0.2, 0) is 0 Å². The summed E-state index contributed by atoms with van der Waals surface area (Å²) in [5.41, 5.74) is -0.645. The zero-order chi connectivity index (χ0) is 18.8. The SMILES string of the molecule is CCCCCCOc1ccc(OC(C)(C)C(O)CN2CCNCC2)cc1. The average Bonchev–Trinajstić information content (AvgIpc) is 2.63. The molecule has 0 radical (unpaired) electrons. The Hall–Kier alpha value is -1.30. The van der Waals surface area contributed by atoms with Crippen molar-refractivity contribution in [1.82, 2.24) is 10.2 Å². The summed E-state index contributed by atoms with van der Waals surface area (Å²) in [6.07, 6.45) is 4.27. The van der Waals surface area contributed by atoms with E-state index in [-0.39, 0.29) is 0 Å². The summed E-state index contributed by atoms with van der Waals surface area (Å²) in [7, 11) is 0. The van der Waals surface area contributed by atoms with Gasteiger partial charge in [-0.2, -0.15) is 0 Å². The van der Waals surface area contributed by atoms with Gasteiger partial charge < -0.3 is 19.9 Å². The molecule has 0 saturated carbocycles. The van der Waals surface area contributed by atoms with Crippen LogP contribution in [0, 0.1) is 0 Å². The number of aliphatic hydroxyl groups is 1. The molecule has 0 aliphatic carbocycles. The van der Waals surface area contributed by atoms with Crippen LogP contribution in [0.4, 0.5) is 0 Å². The Kier molecular flexibility index (Phi) is 8.69. The summed E-state index contributed by atoms with van der Waals surface area (Å²) in [6, 6.07) is 7.71. The van der Waals surface area contributed by atoms with Crippen molar-refractivity contribution in [3.63, 3.8) is 0 Å². The van der Waals surface area contributed by atoms with E-state index in [4.69, 9.17) is 9.47 Å². The molecule has 1 aliphatic rings. The Labute approximate surface area is 158 Å². The Morgan fingerprint density at radius 2 is 1.73 bits per heavy atom. The first-order chi connectivity index (χ1) is 12.5. The number of aliphatic hydroxyl groups excluding tert-OH is 1. The van der Waals surface area contributed by atoms with Gasteiger partial charge in [0.15, 0.2) is 0 Å². The van der Waals surface area contributed by atoms with Crippen LogP contribution in [0.1, 0.15) is 46.5 Å². The Morgan fingerprint density at radius 3 is 2.38 bits per heavy atom. The Balaban J connectivity index is 1.78. The molecule has 2 N–H and O–H groups in total. The third-order valence-electron chi connectivity index (χ3n) is 4.91. The molecule has 0 aromatic heterocycles. The summed E-state index contributed by atoms with van der Waals surface area (Å²) in [5.74, 6) is 1.63. The van der Waals surface area contributed by atoms with Crippen molar-refractivity contribution in [2.24, 2.45) is 0 Å². The Morgan fingerprint density at radius 1 is 1.08 bits per heavy atom. The number of unbranched alkanes of at least 4 members (excludes halogenated alkanes) is 3. The van der Waals surface area contributed by atoms with E-state index in [1.807, 2.05) is 38.1 Å². The van der Waals surface area contributed by atoms with E-state index in [9.17, 15) is 5.11 Å². The summed E-state index contributed by atoms with van der Waals surface area (Å²) >= 11 is 0. The van der Waals surface area contributed by atoms with Crippen LogP contribution in [0.2, 0.25) is 0 Å². The van der Waals surface area contributed by atoms with Gasteiger partial charge in [-0.3, -0.25) is 4.90 Å². The summed E-state index contributed by atoms with van der Waals surface area (Å²) in [4.78, 5) is 2.28. The zero-order valence-electron chi connectivity index (χ0n) is 16.7. The van der Waals surface area contributed by atoms with Crippen LogP contribution >= 0.6 is 0 Å². The summed E-state index contributed by atoms with van der Waals surface area (Å²) in [6.45, 7) is 11.4. The molecule has 1 heterocycles. The molecule has 1 aromatic rings. The fourth-order valence-corrected chi connectivity index (χ4v) is 3.05. The maximum absolute atomic E-state index is 10.6. The molecule has 1 aromatic carbocycles. The van der Waals surface area contributed by atoms with Gasteiger partial charge in [-0.1, -0.05) is 26.2 Å². The van der Waals surface area contributed by atoms with E-state index < -0.39 is 11.7 Å². The molecule has 0 bridgehead atoms. The quantitative estimate of drug-likeness (QED) is 0.591. The number of piperazine rings is 1. The lowest BCUT2D eigenvalue weighted by atomic mass is 10.0. The van der Waals surface area contributed by atoms with Crippen LogP contribution in [0.25, 0.3) is 0 Å². The lowest BCUT2D eigenvalue weighted by Gasteiger charge is -2.36. The standard InChI is InChI=1S/C21H36N2O3/c1-4-5-6-7-16-25-18-8-10-19(11-9-18)26-21(2,3)20(24)17-23-14-12-22-13-15-23/h8-11,20,22,24H,4-7,12-17H2,1-3H3. The molecular weight excluding hydrogens is 328 g/mol. The maximum Gasteiger partial charge on any atom is 0.130 e. The van der Waals surface area contributed by atoms with E-state index in [2.05, 4.69) is 17.1 Å². The maximum atomic E-state index is 10.6. The van der Waals surface area contributed by atoms with Crippen LogP contribution < -0.4 is 14.8 Å². The van der Waals surface area contributed by atoms with Crippen molar-refractivity contribution >= 4 is 0 Å². The molecule has 2 rings (SSSR count). The van der Waals surface area contributed by atoms with Crippen molar-refractivity contribution in [2.45, 2.75) is 58.2 Å². The molecule has 5 nitrogen and oxygen atoms in total. The highest BCUT2D eigenvalue weighted by Crippen LogP contribution is 2.24. The van der Waals surface area contributed by atoms with E-state index >= 15 is 0 Å². The smallest absolute Gasteiger partial charge is 0.130 e. The van der Waals surface area contributed by atoms with Gasteiger partial charge in [0.1, 0.15) is 23.2 Å². The normalized spacial score (nSPS) is 17.1. The van der Waals surface area contributed by atoms with Crippen molar-refractivity contribution < 1.29 is 14.6 Å². The minimum atomic E-state index is -0.645. The third kappa shape index (κ3) is 7.14. The van der Waals surface area contributed by atoms with E-state index in [1.54, 1.807) is 0 Å². The van der Waals surface area contributed by atoms with E-state index in [0.29, 0.717) is 6.54 Å². The second-order valence-corrected chi connectivity index (χ2v) is 7.65. The van der Waals surface area contributed by atoms with Crippen molar-refractivity contribution in [3.05, 3.63) is 24.3 Å². The minimum absolute atomic E-state index is 0.546. The van der Waals surface area contributed by atoms with Crippen LogP contribution in [-0.4, -0.2) is 61.0 Å². The highest BCUT2D eigenvalue weighted by molar-refractivity contribution is 5.31. The number of benzene rings is 1. The van der Waals surface area contributed by atoms with Gasteiger partial charge >= 0.3 is 0 Å². The number of ether oxygens (including phenoxy) is 2. The largest absolute Gasteiger partial charge is 0.494 e. The van der Waals surface area contributed by atoms with Crippen molar-refractivity contribution in [3.8, 4) is 11.5 Å². The van der Waals surface area contributed by atoms with Crippen LogP contribution in [0.5, 0.6) is 11.5 Å². The molecule has 26 heavy (non-hydrogen) atoms. The fourth-order valence-electron chi connectivity index (χ4n) is 3.05. The summed E-state index contributed by atoms with van der Waals surface area (Å²) in [5, 5.41) is 14.0. The molecule has 1 aliphatic heterocycles. The summed E-state index contributed by atoms with van der Waals surface area (Å²) < 4.78 is 11.8. The predicted molar refractivity (Wildman–Crippen MR) is 106 cm³/mol. The van der Waals surface area contributed by atoms with Crippen LogP contribution in [0.15, 0.2) is 24.3 Å². The highest BCUT2D eigenvalue weighted by Gasteiger charge is 2.31. The molecule has 1 unspecified atom stereocenters. The fraction of sp³-hybridized carbons (Fsp3) is 0.714. The number of nitrogens with one attached hydrogen (secondary N) is 1. The number of rotatable bonds is 11. The zero-order valence-corrected chi connectivity index (χ0v) is 16.7. The molecule has 1 saturated heterocycles. The number of hydrogen-bond acceptors (Lipinski definition) is 5. The monoisotopic (exact) mass is 364 g/mol. The van der Waals surface area contributed by atoms with Crippen molar-refractivity contribution in [2.75, 3.05) is 39.3 Å². The first-order valence-corrected chi connectivity index (χ1v) is 10.0. The highest BCUT2D eigenvalue weighted by atomic mass is 16.5. The second-order valence-electron chi connectivity index (χ2n) is 7.65. The van der Waals surface area contributed by atoms with Crippen LogP contribution in [0.3, 0.4) is 0 Å². The van der Waals surface area contributed by atoms with Gasteiger partial charge in [-0.25, -0.2) is 0 Å².